The van der Waals surface area contributed by atoms with Crippen LogP contribution in [0.1, 0.15) is 27.9 Å². The molecule has 0 aliphatic carbocycles. The van der Waals surface area contributed by atoms with E-state index in [2.05, 4.69) is 63.2 Å². The van der Waals surface area contributed by atoms with Gasteiger partial charge in [-0.15, -0.1) is 5.10 Å². The molecule has 8 heteroatoms. The maximum Gasteiger partial charge on any atom is 0.230 e. The van der Waals surface area contributed by atoms with Gasteiger partial charge in [0.2, 0.25) is 10.8 Å². The van der Waals surface area contributed by atoms with Crippen molar-refractivity contribution in [3.8, 4) is 11.6 Å². The van der Waals surface area contributed by atoms with Crippen LogP contribution in [0.4, 0.5) is 5.69 Å². The molecular formula is C24H27N5O2S. The Hall–Kier alpha value is -3.10. The van der Waals surface area contributed by atoms with Gasteiger partial charge in [-0.1, -0.05) is 41.2 Å². The summed E-state index contributed by atoms with van der Waals surface area (Å²) < 4.78 is 6.85. The molecule has 1 atom stereocenters. The van der Waals surface area contributed by atoms with Crippen molar-refractivity contribution in [1.82, 2.24) is 19.5 Å². The lowest BCUT2D eigenvalue weighted by Crippen LogP contribution is -2.47. The summed E-state index contributed by atoms with van der Waals surface area (Å²) >= 11 is 1.52. The van der Waals surface area contributed by atoms with E-state index < -0.39 is 0 Å². The Morgan fingerprint density at radius 1 is 1.03 bits per heavy atom. The minimum absolute atomic E-state index is 0.0401. The lowest BCUT2D eigenvalue weighted by Gasteiger charge is -2.40. The van der Waals surface area contributed by atoms with Crippen LogP contribution in [-0.2, 0) is 0 Å². The zero-order valence-corrected chi connectivity index (χ0v) is 19.3. The number of hydrogen-bond donors (Lipinski definition) is 1. The molecule has 166 valence electrons. The Morgan fingerprint density at radius 2 is 1.78 bits per heavy atom. The molecule has 2 aromatic heterocycles. The number of aryl methyl sites for hydroxylation is 2. The average Bonchev–Trinajstić information content (AvgIpc) is 3.31. The van der Waals surface area contributed by atoms with Gasteiger partial charge in [-0.3, -0.25) is 4.90 Å². The van der Waals surface area contributed by atoms with Gasteiger partial charge in [-0.25, -0.2) is 4.98 Å². The van der Waals surface area contributed by atoms with Crippen molar-refractivity contribution in [2.75, 3.05) is 38.2 Å². The van der Waals surface area contributed by atoms with E-state index in [4.69, 9.17) is 4.74 Å². The molecule has 0 spiro atoms. The predicted molar refractivity (Wildman–Crippen MR) is 127 cm³/mol. The number of aromatic nitrogens is 3. The fourth-order valence-electron chi connectivity index (χ4n) is 4.43. The summed E-state index contributed by atoms with van der Waals surface area (Å²) in [7, 11) is 1.69. The molecule has 2 aromatic carbocycles. The van der Waals surface area contributed by atoms with Gasteiger partial charge >= 0.3 is 0 Å². The van der Waals surface area contributed by atoms with Gasteiger partial charge in [-0.2, -0.15) is 4.52 Å². The molecule has 0 radical (unpaired) electrons. The number of aromatic hydroxyl groups is 1. The summed E-state index contributed by atoms with van der Waals surface area (Å²) in [6.07, 6.45) is 0. The Balaban J connectivity index is 1.44. The van der Waals surface area contributed by atoms with Crippen molar-refractivity contribution in [2.45, 2.75) is 19.9 Å². The highest BCUT2D eigenvalue weighted by molar-refractivity contribution is 7.17. The van der Waals surface area contributed by atoms with E-state index in [1.165, 1.54) is 28.2 Å². The maximum absolute atomic E-state index is 11.0. The summed E-state index contributed by atoms with van der Waals surface area (Å²) in [5.74, 6) is 1.72. The van der Waals surface area contributed by atoms with Crippen molar-refractivity contribution < 1.29 is 9.84 Å². The fourth-order valence-corrected chi connectivity index (χ4v) is 5.59. The molecule has 0 unspecified atom stereocenters. The van der Waals surface area contributed by atoms with Gasteiger partial charge in [-0.05, 0) is 43.7 Å². The molecule has 3 heterocycles. The average molecular weight is 450 g/mol. The number of methoxy groups -OCH3 is 1. The number of anilines is 1. The zero-order valence-electron chi connectivity index (χ0n) is 18.5. The topological polar surface area (TPSA) is 66.1 Å². The molecule has 0 saturated carbocycles. The minimum Gasteiger partial charge on any atom is -0.497 e. The normalized spacial score (nSPS) is 15.9. The van der Waals surface area contributed by atoms with E-state index in [9.17, 15) is 5.11 Å². The minimum atomic E-state index is -0.0401. The number of thiazole rings is 1. The van der Waals surface area contributed by atoms with Crippen LogP contribution >= 0.6 is 11.3 Å². The second kappa shape index (κ2) is 8.44. The number of nitrogens with zero attached hydrogens (tertiary/aromatic N) is 5. The van der Waals surface area contributed by atoms with Gasteiger partial charge < -0.3 is 14.7 Å². The molecule has 0 amide bonds. The summed E-state index contributed by atoms with van der Waals surface area (Å²) in [4.78, 5) is 10.9. The van der Waals surface area contributed by atoms with Gasteiger partial charge in [0.15, 0.2) is 0 Å². The van der Waals surface area contributed by atoms with Gasteiger partial charge in [0.05, 0.1) is 18.0 Å². The number of hydrogen-bond acceptors (Lipinski definition) is 7. The summed E-state index contributed by atoms with van der Waals surface area (Å²) in [6, 6.07) is 16.7. The van der Waals surface area contributed by atoms with Crippen LogP contribution in [0.15, 0.2) is 48.5 Å². The van der Waals surface area contributed by atoms with Gasteiger partial charge in [0, 0.05) is 31.9 Å². The zero-order chi connectivity index (χ0) is 22.2. The smallest absolute Gasteiger partial charge is 0.230 e. The SMILES string of the molecule is COc1ccc(N2CCN([C@@H](c3cccc(C)c3)c3sc4nc(C)nn4c3O)CC2)cc1. The van der Waals surface area contributed by atoms with Crippen LogP contribution in [0.25, 0.3) is 4.96 Å². The van der Waals surface area contributed by atoms with Crippen LogP contribution in [0.3, 0.4) is 0 Å². The first-order chi connectivity index (χ1) is 15.5. The second-order valence-corrected chi connectivity index (χ2v) is 9.19. The standard InChI is InChI=1S/C24H27N5O2S/c1-16-5-4-6-18(15-16)21(22-23(30)29-24(32-22)25-17(2)26-29)28-13-11-27(12-14-28)19-7-9-20(31-3)10-8-19/h4-10,15,21,30H,11-14H2,1-3H3/t21-/m0/s1. The second-order valence-electron chi connectivity index (χ2n) is 8.18. The van der Waals surface area contributed by atoms with E-state index in [1.807, 2.05) is 19.1 Å². The molecular weight excluding hydrogens is 422 g/mol. The lowest BCUT2D eigenvalue weighted by atomic mass is 10.0. The third-order valence-electron chi connectivity index (χ3n) is 6.03. The van der Waals surface area contributed by atoms with E-state index in [1.54, 1.807) is 11.6 Å². The number of piperazine rings is 1. The largest absolute Gasteiger partial charge is 0.497 e. The first-order valence-electron chi connectivity index (χ1n) is 10.8. The molecule has 0 bridgehead atoms. The molecule has 1 aliphatic rings. The number of benzene rings is 2. The highest BCUT2D eigenvalue weighted by Gasteiger charge is 2.31. The molecule has 1 fully saturated rings. The van der Waals surface area contributed by atoms with Crippen molar-refractivity contribution >= 4 is 22.0 Å². The lowest BCUT2D eigenvalue weighted by molar-refractivity contribution is 0.211. The highest BCUT2D eigenvalue weighted by Crippen LogP contribution is 2.40. The quantitative estimate of drug-likeness (QED) is 0.496. The Kier molecular flexibility index (Phi) is 5.48. The summed E-state index contributed by atoms with van der Waals surface area (Å²) in [5.41, 5.74) is 3.59. The molecule has 1 aliphatic heterocycles. The van der Waals surface area contributed by atoms with Crippen LogP contribution in [0.2, 0.25) is 0 Å². The van der Waals surface area contributed by atoms with Crippen molar-refractivity contribution in [3.63, 3.8) is 0 Å². The van der Waals surface area contributed by atoms with Crippen LogP contribution in [0, 0.1) is 13.8 Å². The molecule has 1 N–H and O–H groups in total. The van der Waals surface area contributed by atoms with E-state index >= 15 is 0 Å². The fraction of sp³-hybridized carbons (Fsp3) is 0.333. The number of fused-ring (bicyclic) bond motifs is 1. The maximum atomic E-state index is 11.0. The van der Waals surface area contributed by atoms with Crippen molar-refractivity contribution in [1.29, 1.82) is 0 Å². The molecule has 7 nitrogen and oxygen atoms in total. The van der Waals surface area contributed by atoms with Gasteiger partial charge in [0.1, 0.15) is 11.6 Å². The predicted octanol–water partition coefficient (Wildman–Crippen LogP) is 4.03. The molecule has 1 saturated heterocycles. The Bertz CT molecular complexity index is 1230. The Morgan fingerprint density at radius 3 is 2.44 bits per heavy atom. The Labute approximate surface area is 191 Å². The van der Waals surface area contributed by atoms with Crippen LogP contribution in [-0.4, -0.2) is 57.9 Å². The number of ether oxygens (including phenoxy) is 1. The first-order valence-corrected chi connectivity index (χ1v) is 11.6. The van der Waals surface area contributed by atoms with Crippen LogP contribution < -0.4 is 9.64 Å². The van der Waals surface area contributed by atoms with E-state index in [0.29, 0.717) is 5.82 Å². The number of rotatable bonds is 5. The molecule has 5 rings (SSSR count). The van der Waals surface area contributed by atoms with Gasteiger partial charge in [0.25, 0.3) is 0 Å². The van der Waals surface area contributed by atoms with Crippen molar-refractivity contribution in [3.05, 3.63) is 70.4 Å². The third kappa shape index (κ3) is 3.80. The summed E-state index contributed by atoms with van der Waals surface area (Å²) in [6.45, 7) is 7.54. The molecule has 4 aromatic rings. The van der Waals surface area contributed by atoms with Crippen molar-refractivity contribution in [2.24, 2.45) is 0 Å². The monoisotopic (exact) mass is 449 g/mol. The van der Waals surface area contributed by atoms with E-state index in [0.717, 1.165) is 41.8 Å². The highest BCUT2D eigenvalue weighted by atomic mass is 32.1. The first kappa shape index (κ1) is 20.8. The third-order valence-corrected chi connectivity index (χ3v) is 7.10. The molecule has 32 heavy (non-hydrogen) atoms. The van der Waals surface area contributed by atoms with E-state index in [-0.39, 0.29) is 11.9 Å². The van der Waals surface area contributed by atoms with Crippen LogP contribution in [0.5, 0.6) is 11.6 Å². The summed E-state index contributed by atoms with van der Waals surface area (Å²) in [5, 5.41) is 15.4.